The second-order valence-electron chi connectivity index (χ2n) is 5.57. The van der Waals surface area contributed by atoms with Gasteiger partial charge in [-0.1, -0.05) is 24.3 Å². The van der Waals surface area contributed by atoms with Crippen LogP contribution in [0.1, 0.15) is 10.5 Å². The second kappa shape index (κ2) is 7.14. The van der Waals surface area contributed by atoms with Gasteiger partial charge in [0.25, 0.3) is 11.5 Å². The van der Waals surface area contributed by atoms with Crippen molar-refractivity contribution in [3.8, 4) is 28.1 Å². The highest BCUT2D eigenvalue weighted by atomic mass is 19.4. The summed E-state index contributed by atoms with van der Waals surface area (Å²) in [5, 5.41) is 0. The van der Waals surface area contributed by atoms with Gasteiger partial charge in [0.2, 0.25) is 0 Å². The van der Waals surface area contributed by atoms with Gasteiger partial charge >= 0.3 is 6.36 Å². The molecule has 144 valence electrons. The van der Waals surface area contributed by atoms with E-state index in [2.05, 4.69) is 14.7 Å². The summed E-state index contributed by atoms with van der Waals surface area (Å²) in [6.07, 6.45) is -3.95. The van der Waals surface area contributed by atoms with E-state index in [0.29, 0.717) is 0 Å². The van der Waals surface area contributed by atoms with Gasteiger partial charge in [0.1, 0.15) is 23.0 Å². The number of nitrogens with two attached hydrogens (primary N) is 1. The molecule has 0 atom stereocenters. The highest BCUT2D eigenvalue weighted by molar-refractivity contribution is 5.91. The summed E-state index contributed by atoms with van der Waals surface area (Å²) in [4.78, 5) is 29.3. The van der Waals surface area contributed by atoms with Crippen LogP contribution in [0.15, 0.2) is 53.5 Å². The number of alkyl halides is 3. The number of nitrogens with zero attached hydrogens (tertiary/aromatic N) is 1. The lowest BCUT2D eigenvalue weighted by molar-refractivity contribution is -0.274. The van der Waals surface area contributed by atoms with Gasteiger partial charge in [0.05, 0.1) is 0 Å². The Morgan fingerprint density at radius 3 is 2.50 bits per heavy atom. The molecular formula is C18H11F4N3O3. The normalized spacial score (nSPS) is 11.3. The molecule has 0 unspecified atom stereocenters. The van der Waals surface area contributed by atoms with Crippen LogP contribution >= 0.6 is 0 Å². The predicted octanol–water partition coefficient (Wildman–Crippen LogP) is 3.24. The Hall–Kier alpha value is -3.69. The standard InChI is InChI=1S/C18H11F4N3O3/c19-12-6-5-9(10-3-1-2-4-14(10)28-18(20,21)22)7-11(12)15-17(27)24-8-13(25-15)16(23)26/h1-8H,(H2,23,26)(H,24,27). The molecule has 0 aliphatic carbocycles. The third-order valence-corrected chi connectivity index (χ3v) is 3.68. The SMILES string of the molecule is NC(=O)c1c[nH]c(=O)c(-c2cc(-c3ccccc3OC(F)(F)F)ccc2F)n1. The number of aromatic amines is 1. The summed E-state index contributed by atoms with van der Waals surface area (Å²) in [7, 11) is 0. The maximum absolute atomic E-state index is 14.3. The molecular weight excluding hydrogens is 382 g/mol. The smallest absolute Gasteiger partial charge is 0.405 e. The summed E-state index contributed by atoms with van der Waals surface area (Å²) < 4.78 is 56.2. The van der Waals surface area contributed by atoms with Gasteiger partial charge < -0.3 is 15.5 Å². The number of primary amides is 1. The predicted molar refractivity (Wildman–Crippen MR) is 90.9 cm³/mol. The molecule has 0 spiro atoms. The van der Waals surface area contributed by atoms with Gasteiger partial charge in [0.15, 0.2) is 0 Å². The molecule has 0 bridgehead atoms. The average molecular weight is 393 g/mol. The number of ether oxygens (including phenoxy) is 1. The molecule has 0 aliphatic rings. The number of nitrogens with one attached hydrogen (secondary N) is 1. The zero-order valence-corrected chi connectivity index (χ0v) is 13.9. The molecule has 3 rings (SSSR count). The third kappa shape index (κ3) is 4.00. The van der Waals surface area contributed by atoms with Crippen LogP contribution in [-0.2, 0) is 0 Å². The number of H-pyrrole nitrogens is 1. The van der Waals surface area contributed by atoms with Gasteiger partial charge in [-0.15, -0.1) is 13.2 Å². The van der Waals surface area contributed by atoms with E-state index in [1.807, 2.05) is 0 Å². The zero-order valence-electron chi connectivity index (χ0n) is 13.9. The van der Waals surface area contributed by atoms with E-state index >= 15 is 0 Å². The maximum Gasteiger partial charge on any atom is 0.573 e. The largest absolute Gasteiger partial charge is 0.573 e. The summed E-state index contributed by atoms with van der Waals surface area (Å²) >= 11 is 0. The van der Waals surface area contributed by atoms with Crippen molar-refractivity contribution in [2.45, 2.75) is 6.36 Å². The van der Waals surface area contributed by atoms with Crippen molar-refractivity contribution in [3.05, 3.63) is 70.5 Å². The lowest BCUT2D eigenvalue weighted by Gasteiger charge is -2.14. The number of hydrogen-bond donors (Lipinski definition) is 2. The van der Waals surface area contributed by atoms with Crippen LogP contribution in [0, 0.1) is 5.82 Å². The van der Waals surface area contributed by atoms with E-state index in [0.717, 1.165) is 24.4 Å². The number of carbonyl (C=O) groups is 1. The number of benzene rings is 2. The summed E-state index contributed by atoms with van der Waals surface area (Å²) in [5.41, 5.74) is 3.40. The van der Waals surface area contributed by atoms with Crippen LogP contribution < -0.4 is 16.0 Å². The van der Waals surface area contributed by atoms with E-state index in [9.17, 15) is 27.2 Å². The third-order valence-electron chi connectivity index (χ3n) is 3.68. The van der Waals surface area contributed by atoms with Crippen LogP contribution in [0.5, 0.6) is 5.75 Å². The van der Waals surface area contributed by atoms with Crippen molar-refractivity contribution in [2.24, 2.45) is 5.73 Å². The molecule has 1 heterocycles. The zero-order chi connectivity index (χ0) is 20.5. The lowest BCUT2D eigenvalue weighted by atomic mass is 10.0. The molecule has 3 N–H and O–H groups in total. The number of amides is 1. The minimum atomic E-state index is -4.92. The number of rotatable bonds is 4. The first-order valence-electron chi connectivity index (χ1n) is 7.70. The number of aromatic nitrogens is 2. The highest BCUT2D eigenvalue weighted by Crippen LogP contribution is 2.35. The molecule has 0 saturated carbocycles. The van der Waals surface area contributed by atoms with Crippen LogP contribution in [0.25, 0.3) is 22.4 Å². The molecule has 0 aliphatic heterocycles. The molecule has 10 heteroatoms. The molecule has 2 aromatic carbocycles. The molecule has 3 aromatic rings. The summed E-state index contributed by atoms with van der Waals surface area (Å²) in [6, 6.07) is 8.59. The first-order chi connectivity index (χ1) is 13.2. The van der Waals surface area contributed by atoms with Gasteiger partial charge in [-0.05, 0) is 23.8 Å². The molecule has 6 nitrogen and oxygen atoms in total. The van der Waals surface area contributed by atoms with Crippen LogP contribution in [0.2, 0.25) is 0 Å². The Morgan fingerprint density at radius 1 is 1.11 bits per heavy atom. The fraction of sp³-hybridized carbons (Fsp3) is 0.0556. The van der Waals surface area contributed by atoms with Gasteiger partial charge in [-0.25, -0.2) is 9.37 Å². The van der Waals surface area contributed by atoms with Crippen molar-refractivity contribution >= 4 is 5.91 Å². The second-order valence-corrected chi connectivity index (χ2v) is 5.57. The Kier molecular flexibility index (Phi) is 4.87. The monoisotopic (exact) mass is 393 g/mol. The maximum atomic E-state index is 14.3. The fourth-order valence-electron chi connectivity index (χ4n) is 2.51. The van der Waals surface area contributed by atoms with Crippen molar-refractivity contribution in [1.82, 2.24) is 9.97 Å². The van der Waals surface area contributed by atoms with Crippen molar-refractivity contribution in [2.75, 3.05) is 0 Å². The quantitative estimate of drug-likeness (QED) is 0.665. The molecule has 1 amide bonds. The van der Waals surface area contributed by atoms with E-state index < -0.39 is 35.1 Å². The first-order valence-corrected chi connectivity index (χ1v) is 7.70. The highest BCUT2D eigenvalue weighted by Gasteiger charge is 2.32. The molecule has 0 saturated heterocycles. The number of hydrogen-bond acceptors (Lipinski definition) is 4. The Bertz CT molecular complexity index is 1110. The van der Waals surface area contributed by atoms with E-state index in [-0.39, 0.29) is 22.4 Å². The van der Waals surface area contributed by atoms with Crippen molar-refractivity contribution in [1.29, 1.82) is 0 Å². The van der Waals surface area contributed by atoms with Crippen molar-refractivity contribution in [3.63, 3.8) is 0 Å². The Balaban J connectivity index is 2.16. The first kappa shape index (κ1) is 19.1. The molecule has 0 radical (unpaired) electrons. The Labute approximate surface area is 154 Å². The number of carbonyl (C=O) groups excluding carboxylic acids is 1. The topological polar surface area (TPSA) is 98.1 Å². The number of halogens is 4. The van der Waals surface area contributed by atoms with Crippen molar-refractivity contribution < 1.29 is 27.1 Å². The lowest BCUT2D eigenvalue weighted by Crippen LogP contribution is -2.19. The minimum Gasteiger partial charge on any atom is -0.405 e. The summed E-state index contributed by atoms with van der Waals surface area (Å²) in [6.45, 7) is 0. The van der Waals surface area contributed by atoms with Gasteiger partial charge in [-0.2, -0.15) is 0 Å². The summed E-state index contributed by atoms with van der Waals surface area (Å²) in [5.74, 6) is -2.31. The van der Waals surface area contributed by atoms with Crippen LogP contribution in [0.3, 0.4) is 0 Å². The molecule has 28 heavy (non-hydrogen) atoms. The number of para-hydroxylation sites is 1. The fourth-order valence-corrected chi connectivity index (χ4v) is 2.51. The van der Waals surface area contributed by atoms with Gasteiger partial charge in [-0.3, -0.25) is 9.59 Å². The van der Waals surface area contributed by atoms with Crippen LogP contribution in [0.4, 0.5) is 17.6 Å². The van der Waals surface area contributed by atoms with E-state index in [1.54, 1.807) is 0 Å². The van der Waals surface area contributed by atoms with Gasteiger partial charge in [0, 0.05) is 17.3 Å². The van der Waals surface area contributed by atoms with E-state index in [1.165, 1.54) is 24.3 Å². The average Bonchev–Trinajstić information content (AvgIpc) is 2.62. The molecule has 1 aromatic heterocycles. The minimum absolute atomic E-state index is 0.0172. The Morgan fingerprint density at radius 2 is 1.82 bits per heavy atom. The van der Waals surface area contributed by atoms with E-state index in [4.69, 9.17) is 5.73 Å². The molecule has 0 fully saturated rings. The van der Waals surface area contributed by atoms with Crippen LogP contribution in [-0.4, -0.2) is 22.2 Å².